The molecule has 0 aromatic heterocycles. The third-order valence-electron chi connectivity index (χ3n) is 9.63. The quantitative estimate of drug-likeness (QED) is 0.183. The average Bonchev–Trinajstić information content (AvgIpc) is 3.40. The molecule has 9 nitrogen and oxygen atoms in total. The van der Waals surface area contributed by atoms with Gasteiger partial charge in [0.1, 0.15) is 5.75 Å². The molecule has 5 rings (SSSR count). The Morgan fingerprint density at radius 3 is 2.45 bits per heavy atom. The molecule has 2 amide bonds. The zero-order chi connectivity index (χ0) is 30.2. The van der Waals surface area contributed by atoms with Crippen LogP contribution in [0, 0.1) is 5.92 Å². The zero-order valence-corrected chi connectivity index (χ0v) is 26.2. The number of fused-ring (bicyclic) bond motifs is 2. The van der Waals surface area contributed by atoms with Crippen molar-refractivity contribution in [2.24, 2.45) is 5.92 Å². The molecule has 3 aliphatic heterocycles. The number of methoxy groups -OCH3 is 2. The molecule has 2 saturated heterocycles. The van der Waals surface area contributed by atoms with Gasteiger partial charge in [0.05, 0.1) is 34.1 Å². The maximum absolute atomic E-state index is 14.6. The summed E-state index contributed by atoms with van der Waals surface area (Å²) < 4.78 is 17.1. The summed E-state index contributed by atoms with van der Waals surface area (Å²) >= 11 is 0. The van der Waals surface area contributed by atoms with E-state index in [1.165, 1.54) is 12.3 Å². The van der Waals surface area contributed by atoms with Crippen LogP contribution in [0.1, 0.15) is 44.6 Å². The van der Waals surface area contributed by atoms with Gasteiger partial charge in [0.25, 0.3) is 5.91 Å². The second-order valence-electron chi connectivity index (χ2n) is 12.2. The Hall–Kier alpha value is -3.21. The Bertz CT molecular complexity index is 1350. The van der Waals surface area contributed by atoms with Crippen LogP contribution in [0.5, 0.6) is 5.75 Å². The second kappa shape index (κ2) is 11.8. The van der Waals surface area contributed by atoms with Crippen LogP contribution in [0.2, 0.25) is 18.6 Å². The Morgan fingerprint density at radius 2 is 1.86 bits per heavy atom. The van der Waals surface area contributed by atoms with E-state index in [4.69, 9.17) is 14.2 Å². The minimum absolute atomic E-state index is 0.0309. The Balaban J connectivity index is 1.55. The second-order valence-corrected chi connectivity index (χ2v) is 16.8. The van der Waals surface area contributed by atoms with Crippen molar-refractivity contribution in [1.82, 2.24) is 0 Å². The number of carbonyl (C=O) groups is 3. The number of amides is 2. The van der Waals surface area contributed by atoms with Crippen LogP contribution in [-0.2, 0) is 29.5 Å². The fourth-order valence-corrected chi connectivity index (χ4v) is 11.4. The van der Waals surface area contributed by atoms with Gasteiger partial charge >= 0.3 is 5.97 Å². The predicted octanol–water partition coefficient (Wildman–Crippen LogP) is 3.72. The molecule has 0 radical (unpaired) electrons. The lowest BCUT2D eigenvalue weighted by molar-refractivity contribution is -0.146. The number of ether oxygens (including phenoxy) is 3. The number of hydrogen-bond acceptors (Lipinski definition) is 7. The summed E-state index contributed by atoms with van der Waals surface area (Å²) in [4.78, 5) is 42.2. The molecule has 0 saturated carbocycles. The third kappa shape index (κ3) is 4.93. The van der Waals surface area contributed by atoms with Crippen LogP contribution in [0.25, 0.3) is 0 Å². The van der Waals surface area contributed by atoms with Crippen LogP contribution in [0.3, 0.4) is 0 Å². The number of esters is 1. The van der Waals surface area contributed by atoms with Gasteiger partial charge in [-0.15, -0.1) is 0 Å². The molecule has 10 heteroatoms. The first-order valence-electron chi connectivity index (χ1n) is 14.9. The Kier molecular flexibility index (Phi) is 8.51. The number of hydrogen-bond donors (Lipinski definition) is 1. The van der Waals surface area contributed by atoms with E-state index in [1.54, 1.807) is 16.9 Å². The van der Waals surface area contributed by atoms with Crippen LogP contribution in [-0.4, -0.2) is 71.0 Å². The van der Waals surface area contributed by atoms with E-state index in [-0.39, 0.29) is 42.0 Å². The van der Waals surface area contributed by atoms with Gasteiger partial charge in [-0.1, -0.05) is 37.3 Å². The molecule has 0 bridgehead atoms. The summed E-state index contributed by atoms with van der Waals surface area (Å²) in [6, 6.07) is 14.0. The highest BCUT2D eigenvalue weighted by Crippen LogP contribution is 2.60. The maximum Gasteiger partial charge on any atom is 0.305 e. The van der Waals surface area contributed by atoms with Gasteiger partial charge in [-0.25, -0.2) is 0 Å². The van der Waals surface area contributed by atoms with Gasteiger partial charge < -0.3 is 29.1 Å². The van der Waals surface area contributed by atoms with Crippen molar-refractivity contribution in [1.29, 1.82) is 0 Å². The molecule has 3 aliphatic rings. The molecule has 226 valence electrons. The molecule has 1 spiro atoms. The number of β-lactam (4-membered cyclic amide) rings is 1. The van der Waals surface area contributed by atoms with Crippen molar-refractivity contribution in [2.75, 3.05) is 43.7 Å². The lowest BCUT2D eigenvalue weighted by atomic mass is 9.82. The van der Waals surface area contributed by atoms with E-state index < -0.39 is 13.7 Å². The van der Waals surface area contributed by atoms with E-state index in [9.17, 15) is 19.5 Å². The van der Waals surface area contributed by atoms with E-state index in [2.05, 4.69) is 32.2 Å². The average molecular weight is 595 g/mol. The number of carbonyl (C=O) groups excluding carboxylic acids is 3. The van der Waals surface area contributed by atoms with Gasteiger partial charge in [0.2, 0.25) is 5.91 Å². The summed E-state index contributed by atoms with van der Waals surface area (Å²) in [5, 5.41) is 11.3. The van der Waals surface area contributed by atoms with Crippen molar-refractivity contribution in [3.63, 3.8) is 0 Å². The van der Waals surface area contributed by atoms with Crippen LogP contribution in [0.15, 0.2) is 42.5 Å². The fourth-order valence-electron chi connectivity index (χ4n) is 7.32. The summed E-state index contributed by atoms with van der Waals surface area (Å²) in [7, 11) is 0.747. The normalized spacial score (nSPS) is 25.1. The first kappa shape index (κ1) is 30.3. The highest BCUT2D eigenvalue weighted by Gasteiger charge is 2.66. The minimum atomic E-state index is -2.28. The first-order valence-corrected chi connectivity index (χ1v) is 17.9. The van der Waals surface area contributed by atoms with Gasteiger partial charge in [-0.05, 0) is 55.1 Å². The monoisotopic (exact) mass is 594 g/mol. The summed E-state index contributed by atoms with van der Waals surface area (Å²) in [5.74, 6) is 0.291. The molecule has 0 unspecified atom stereocenters. The molecule has 2 fully saturated rings. The molecule has 4 atom stereocenters. The number of aliphatic hydroxyl groups is 1. The fraction of sp³-hybridized carbons (Fsp3) is 0.531. The van der Waals surface area contributed by atoms with Gasteiger partial charge in [-0.2, -0.15) is 0 Å². The first-order chi connectivity index (χ1) is 20.1. The molecule has 0 aliphatic carbocycles. The van der Waals surface area contributed by atoms with Crippen molar-refractivity contribution >= 4 is 42.4 Å². The van der Waals surface area contributed by atoms with Crippen LogP contribution >= 0.6 is 0 Å². The number of unbranched alkanes of at least 4 members (excludes halogenated alkanes) is 1. The number of anilines is 2. The number of rotatable bonds is 11. The zero-order valence-electron chi connectivity index (χ0n) is 25.2. The SMILES string of the molecule is COC(=O)CCCCN1C(=O)[C@@]2(O[C@@H](CCO)[C@H]([Si](C)(C)c3ccc(OC)cc3)[C@H]2C)c2cc(N3CCC3=O)ccc21. The standard InChI is InChI=1S/C32H42N2O7Si/c1-21-30(42(4,5)24-12-10-23(39-2)11-13-24)27(16-19-35)41-32(21)25-20-22(33-18-15-28(33)36)9-14-26(25)34(31(32)38)17-7-6-8-29(37)40-3/h9-14,20-21,27,30,35H,6-8,15-19H2,1-5H3/t21-,27+,30-,32+/m1/s1. The van der Waals surface area contributed by atoms with Crippen molar-refractivity contribution in [2.45, 2.75) is 69.4 Å². The number of nitrogens with zero attached hydrogens (tertiary/aromatic N) is 2. The van der Waals surface area contributed by atoms with E-state index in [1.807, 2.05) is 30.3 Å². The van der Waals surface area contributed by atoms with Crippen molar-refractivity contribution in [3.05, 3.63) is 48.0 Å². The lowest BCUT2D eigenvalue weighted by Gasteiger charge is -2.37. The Morgan fingerprint density at radius 1 is 1.12 bits per heavy atom. The van der Waals surface area contributed by atoms with Crippen LogP contribution in [0.4, 0.5) is 11.4 Å². The molecular weight excluding hydrogens is 552 g/mol. The molecule has 1 N–H and O–H groups in total. The topological polar surface area (TPSA) is 106 Å². The summed E-state index contributed by atoms with van der Waals surface area (Å²) in [6.07, 6.45) is 2.15. The van der Waals surface area contributed by atoms with Gasteiger partial charge in [-0.3, -0.25) is 14.4 Å². The molecular formula is C32H42N2O7Si. The molecule has 42 heavy (non-hydrogen) atoms. The van der Waals surface area contributed by atoms with E-state index in [0.29, 0.717) is 45.2 Å². The highest BCUT2D eigenvalue weighted by atomic mass is 28.3. The van der Waals surface area contributed by atoms with E-state index in [0.717, 1.165) is 22.7 Å². The van der Waals surface area contributed by atoms with Crippen molar-refractivity contribution < 1.29 is 33.7 Å². The van der Waals surface area contributed by atoms with E-state index >= 15 is 0 Å². The lowest BCUT2D eigenvalue weighted by Crippen LogP contribution is -2.52. The summed E-state index contributed by atoms with van der Waals surface area (Å²) in [5.41, 5.74) is 1.14. The number of benzene rings is 2. The molecule has 2 aromatic rings. The largest absolute Gasteiger partial charge is 0.497 e. The highest BCUT2D eigenvalue weighted by molar-refractivity contribution is 6.91. The van der Waals surface area contributed by atoms with Gasteiger partial charge in [0.15, 0.2) is 5.60 Å². The molecule has 3 heterocycles. The van der Waals surface area contributed by atoms with Gasteiger partial charge in [0, 0.05) is 49.7 Å². The Labute approximate surface area is 248 Å². The smallest absolute Gasteiger partial charge is 0.305 e. The minimum Gasteiger partial charge on any atom is -0.497 e. The maximum atomic E-state index is 14.6. The summed E-state index contributed by atoms with van der Waals surface area (Å²) in [6.45, 7) is 7.78. The van der Waals surface area contributed by atoms with Crippen LogP contribution < -0.4 is 19.7 Å². The predicted molar refractivity (Wildman–Crippen MR) is 163 cm³/mol. The third-order valence-corrected chi connectivity index (χ3v) is 14.0. The number of aliphatic hydroxyl groups excluding tert-OH is 1. The van der Waals surface area contributed by atoms with Crippen molar-refractivity contribution in [3.8, 4) is 5.75 Å². The molecule has 2 aromatic carbocycles.